The summed E-state index contributed by atoms with van der Waals surface area (Å²) in [6.07, 6.45) is 6.30. The van der Waals surface area contributed by atoms with Gasteiger partial charge in [-0.3, -0.25) is 0 Å². The lowest BCUT2D eigenvalue weighted by Crippen LogP contribution is -2.31. The van der Waals surface area contributed by atoms with Gasteiger partial charge in [-0.1, -0.05) is 23.8 Å². The van der Waals surface area contributed by atoms with E-state index < -0.39 is 0 Å². The zero-order valence-electron chi connectivity index (χ0n) is 5.88. The molecule has 1 fully saturated rings. The van der Waals surface area contributed by atoms with Gasteiger partial charge in [0.25, 0.3) is 0 Å². The molecule has 0 spiro atoms. The van der Waals surface area contributed by atoms with E-state index in [9.17, 15) is 0 Å². The molecule has 1 aliphatic carbocycles. The molecule has 0 radical (unpaired) electrons. The number of fused-ring (bicyclic) bond motifs is 1. The summed E-state index contributed by atoms with van der Waals surface area (Å²) in [5.74, 6) is 0.574. The molecular weight excluding hydrogens is 124 g/mol. The van der Waals surface area contributed by atoms with E-state index in [1.165, 1.54) is 5.57 Å². The van der Waals surface area contributed by atoms with E-state index in [0.717, 1.165) is 13.1 Å². The van der Waals surface area contributed by atoms with E-state index in [1.807, 2.05) is 0 Å². The zero-order chi connectivity index (χ0) is 6.97. The summed E-state index contributed by atoms with van der Waals surface area (Å²) in [6.45, 7) is 2.08. The van der Waals surface area contributed by atoms with E-state index in [1.54, 1.807) is 0 Å². The fraction of sp³-hybridized carbons (Fsp3) is 0.500. The van der Waals surface area contributed by atoms with Gasteiger partial charge in [0.2, 0.25) is 0 Å². The lowest BCUT2D eigenvalue weighted by molar-refractivity contribution is 0.576. The second kappa shape index (κ2) is 2.22. The Bertz CT molecular complexity index is 193. The normalized spacial score (nSPS) is 37.5. The molecule has 0 saturated carbocycles. The third kappa shape index (κ3) is 0.805. The van der Waals surface area contributed by atoms with Crippen LogP contribution in [0, 0.1) is 5.92 Å². The van der Waals surface area contributed by atoms with Crippen LogP contribution in [-0.4, -0.2) is 19.1 Å². The summed E-state index contributed by atoms with van der Waals surface area (Å²) in [5.41, 5.74) is 7.32. The first kappa shape index (κ1) is 6.13. The summed E-state index contributed by atoms with van der Waals surface area (Å²) < 4.78 is 0. The van der Waals surface area contributed by atoms with Gasteiger partial charge in [0.05, 0.1) is 0 Å². The highest BCUT2D eigenvalue weighted by molar-refractivity contribution is 5.28. The highest BCUT2D eigenvalue weighted by atomic mass is 14.9. The van der Waals surface area contributed by atoms with E-state index >= 15 is 0 Å². The topological polar surface area (TPSA) is 38.0 Å². The summed E-state index contributed by atoms with van der Waals surface area (Å²) in [5, 5.41) is 3.31. The van der Waals surface area contributed by atoms with Gasteiger partial charge >= 0.3 is 0 Å². The molecule has 2 rings (SSSR count). The Morgan fingerprint density at radius 2 is 2.50 bits per heavy atom. The van der Waals surface area contributed by atoms with Crippen molar-refractivity contribution in [3.63, 3.8) is 0 Å². The Kier molecular flexibility index (Phi) is 1.36. The largest absolute Gasteiger partial charge is 0.324 e. The van der Waals surface area contributed by atoms with Crippen LogP contribution in [0.15, 0.2) is 23.8 Å². The molecule has 1 heterocycles. The van der Waals surface area contributed by atoms with Crippen LogP contribution >= 0.6 is 0 Å². The Hall–Kier alpha value is -0.600. The van der Waals surface area contributed by atoms with Crippen molar-refractivity contribution in [2.45, 2.75) is 6.04 Å². The average molecular weight is 136 g/mol. The van der Waals surface area contributed by atoms with Gasteiger partial charge in [0.15, 0.2) is 0 Å². The summed E-state index contributed by atoms with van der Waals surface area (Å²) in [4.78, 5) is 0. The molecule has 0 aromatic heterocycles. The van der Waals surface area contributed by atoms with Gasteiger partial charge in [-0.25, -0.2) is 0 Å². The lowest BCUT2D eigenvalue weighted by atomic mass is 9.91. The van der Waals surface area contributed by atoms with Crippen molar-refractivity contribution >= 4 is 0 Å². The molecule has 0 aromatic rings. The Balaban J connectivity index is 2.25. The number of allylic oxidation sites excluding steroid dienone is 2. The SMILES string of the molecule is NC1C=CC=C2CNCC21. The molecule has 1 aliphatic heterocycles. The van der Waals surface area contributed by atoms with Crippen LogP contribution in [0.3, 0.4) is 0 Å². The molecule has 0 aromatic carbocycles. The molecule has 2 heteroatoms. The molecule has 0 amide bonds. The number of nitrogens with two attached hydrogens (primary N) is 1. The molecular formula is C8H12N2. The minimum absolute atomic E-state index is 0.245. The van der Waals surface area contributed by atoms with Crippen molar-refractivity contribution in [2.24, 2.45) is 11.7 Å². The van der Waals surface area contributed by atoms with E-state index in [0.29, 0.717) is 5.92 Å². The highest BCUT2D eigenvalue weighted by Crippen LogP contribution is 2.22. The summed E-state index contributed by atoms with van der Waals surface area (Å²) in [7, 11) is 0. The average Bonchev–Trinajstić information content (AvgIpc) is 2.36. The summed E-state index contributed by atoms with van der Waals surface area (Å²) >= 11 is 0. The van der Waals surface area contributed by atoms with Crippen LogP contribution in [0.1, 0.15) is 0 Å². The van der Waals surface area contributed by atoms with Crippen molar-refractivity contribution in [1.29, 1.82) is 0 Å². The maximum absolute atomic E-state index is 5.85. The maximum Gasteiger partial charge on any atom is 0.0306 e. The van der Waals surface area contributed by atoms with E-state index in [-0.39, 0.29) is 6.04 Å². The van der Waals surface area contributed by atoms with Gasteiger partial charge in [-0.15, -0.1) is 0 Å². The molecule has 10 heavy (non-hydrogen) atoms. The molecule has 1 saturated heterocycles. The monoisotopic (exact) mass is 136 g/mol. The van der Waals surface area contributed by atoms with E-state index in [2.05, 4.69) is 23.5 Å². The van der Waals surface area contributed by atoms with Crippen molar-refractivity contribution in [3.8, 4) is 0 Å². The molecule has 2 nitrogen and oxygen atoms in total. The van der Waals surface area contributed by atoms with Crippen LogP contribution in [-0.2, 0) is 0 Å². The first-order chi connectivity index (χ1) is 4.88. The minimum atomic E-state index is 0.245. The van der Waals surface area contributed by atoms with Crippen molar-refractivity contribution in [3.05, 3.63) is 23.8 Å². The maximum atomic E-state index is 5.85. The van der Waals surface area contributed by atoms with Crippen molar-refractivity contribution < 1.29 is 0 Å². The Morgan fingerprint density at radius 3 is 3.30 bits per heavy atom. The predicted octanol–water partition coefficient (Wildman–Crippen LogP) is 0.0293. The predicted molar refractivity (Wildman–Crippen MR) is 41.6 cm³/mol. The van der Waals surface area contributed by atoms with Gasteiger partial charge in [-0.2, -0.15) is 0 Å². The van der Waals surface area contributed by atoms with Crippen LogP contribution in [0.4, 0.5) is 0 Å². The number of nitrogens with one attached hydrogen (secondary N) is 1. The second-order valence-corrected chi connectivity index (χ2v) is 2.94. The highest BCUT2D eigenvalue weighted by Gasteiger charge is 2.25. The fourth-order valence-electron chi connectivity index (χ4n) is 1.64. The number of rotatable bonds is 0. The van der Waals surface area contributed by atoms with Crippen LogP contribution < -0.4 is 11.1 Å². The smallest absolute Gasteiger partial charge is 0.0306 e. The molecule has 0 bridgehead atoms. The Morgan fingerprint density at radius 1 is 1.60 bits per heavy atom. The van der Waals surface area contributed by atoms with Gasteiger partial charge in [0, 0.05) is 25.0 Å². The Labute approximate surface area is 60.8 Å². The first-order valence-electron chi connectivity index (χ1n) is 3.71. The van der Waals surface area contributed by atoms with E-state index in [4.69, 9.17) is 5.73 Å². The quantitative estimate of drug-likeness (QED) is 0.493. The third-order valence-corrected chi connectivity index (χ3v) is 2.28. The molecule has 3 N–H and O–H groups in total. The van der Waals surface area contributed by atoms with Gasteiger partial charge < -0.3 is 11.1 Å². The third-order valence-electron chi connectivity index (χ3n) is 2.28. The molecule has 2 atom stereocenters. The summed E-state index contributed by atoms with van der Waals surface area (Å²) in [6, 6.07) is 0.245. The van der Waals surface area contributed by atoms with Gasteiger partial charge in [-0.05, 0) is 0 Å². The molecule has 54 valence electrons. The minimum Gasteiger partial charge on any atom is -0.324 e. The van der Waals surface area contributed by atoms with Crippen LogP contribution in [0.25, 0.3) is 0 Å². The zero-order valence-corrected chi connectivity index (χ0v) is 5.88. The van der Waals surface area contributed by atoms with Crippen LogP contribution in [0.5, 0.6) is 0 Å². The first-order valence-corrected chi connectivity index (χ1v) is 3.71. The molecule has 2 unspecified atom stereocenters. The van der Waals surface area contributed by atoms with Crippen molar-refractivity contribution in [2.75, 3.05) is 13.1 Å². The molecule has 2 aliphatic rings. The standard InChI is InChI=1S/C8H12N2/c9-8-3-1-2-6-4-10-5-7(6)8/h1-3,7-8,10H,4-5,9H2. The van der Waals surface area contributed by atoms with Crippen LogP contribution in [0.2, 0.25) is 0 Å². The number of hydrogen-bond donors (Lipinski definition) is 2. The fourth-order valence-corrected chi connectivity index (χ4v) is 1.64. The van der Waals surface area contributed by atoms with Gasteiger partial charge in [0.1, 0.15) is 0 Å². The van der Waals surface area contributed by atoms with Crippen molar-refractivity contribution in [1.82, 2.24) is 5.32 Å². The lowest BCUT2D eigenvalue weighted by Gasteiger charge is -2.18. The second-order valence-electron chi connectivity index (χ2n) is 2.94. The number of hydrogen-bond acceptors (Lipinski definition) is 2.